The maximum absolute atomic E-state index is 13.5. The Morgan fingerprint density at radius 2 is 0.645 bits per heavy atom. The van der Waals surface area contributed by atoms with Crippen molar-refractivity contribution in [3.05, 3.63) is 129 Å². The van der Waals surface area contributed by atoms with Gasteiger partial charge >= 0.3 is 63.3 Å². The zero-order valence-electron chi connectivity index (χ0n) is 31.7. The first-order chi connectivity index (χ1) is 26.8. The van der Waals surface area contributed by atoms with Crippen molar-refractivity contribution >= 4 is 31.1 Å². The average Bonchev–Trinajstić information content (AvgIpc) is 3.66. The molecule has 0 fully saturated rings. The number of hydrogen-bond acceptors (Lipinski definition) is 0. The summed E-state index contributed by atoms with van der Waals surface area (Å²) in [5.74, 6) is 0. The summed E-state index contributed by atoms with van der Waals surface area (Å²) in [4.78, 5) is 0. The van der Waals surface area contributed by atoms with Crippen LogP contribution in [0.4, 0.5) is 79.0 Å². The predicted octanol–water partition coefficient (Wildman–Crippen LogP) is 9.71. The fraction of sp³-hybridized carbons (Fsp3) is 0.250. The standard InChI is InChI=1S/2C19H10F9.C2H7Si.2ClH.Zr/c2*1-9-5-10-3-2-4-12(13(10)6-9)16-14(18(23,24)25)7-11(17(20,21)22)8-15(16)19(26,27)28;1-3-2;;;/h2*2-8H,1H3;3H,1-2H3;2*1H;/q2*-1;;;;+4/p-2. The molecule has 335 valence electrons. The van der Waals surface area contributed by atoms with E-state index in [9.17, 15) is 79.0 Å². The maximum atomic E-state index is 13.5. The van der Waals surface area contributed by atoms with Crippen LogP contribution in [0.5, 0.6) is 0 Å². The van der Waals surface area contributed by atoms with Crippen molar-refractivity contribution < 1.29 is 130 Å². The van der Waals surface area contributed by atoms with Crippen LogP contribution in [0.25, 0.3) is 43.8 Å². The molecule has 62 heavy (non-hydrogen) atoms. The van der Waals surface area contributed by atoms with E-state index in [2.05, 4.69) is 13.1 Å². The third-order valence-electron chi connectivity index (χ3n) is 8.48. The van der Waals surface area contributed by atoms with E-state index in [1.165, 1.54) is 36.4 Å². The monoisotopic (exact) mass is 1040 g/mol. The van der Waals surface area contributed by atoms with Crippen LogP contribution in [0.3, 0.4) is 0 Å². The molecule has 6 rings (SSSR count). The number of aryl methyl sites for hydroxylation is 2. The summed E-state index contributed by atoms with van der Waals surface area (Å²) in [6.07, 6.45) is -32.5. The largest absolute Gasteiger partial charge is 4.00 e. The van der Waals surface area contributed by atoms with Gasteiger partial charge in [0.25, 0.3) is 0 Å². The molecule has 6 aromatic carbocycles. The van der Waals surface area contributed by atoms with E-state index in [1.807, 2.05) is 0 Å². The average molecular weight is 1040 g/mol. The Kier molecular flexibility index (Phi) is 18.4. The number of alkyl halides is 18. The van der Waals surface area contributed by atoms with E-state index < -0.39 is 92.7 Å². The summed E-state index contributed by atoms with van der Waals surface area (Å²) >= 11 is 0. The molecule has 0 aliphatic carbocycles. The molecule has 0 saturated heterocycles. The molecule has 0 bridgehead atoms. The molecular weight excluding hydrogens is 1010 g/mol. The fourth-order valence-corrected chi connectivity index (χ4v) is 6.29. The second kappa shape index (κ2) is 20.1. The van der Waals surface area contributed by atoms with E-state index in [1.54, 1.807) is 26.0 Å². The van der Waals surface area contributed by atoms with Gasteiger partial charge in [0.1, 0.15) is 0 Å². The van der Waals surface area contributed by atoms with Gasteiger partial charge in [-0.1, -0.05) is 50.2 Å². The molecular formula is C40H27Cl2F18SiZr. The first-order valence-corrected chi connectivity index (χ1v) is 19.0. The van der Waals surface area contributed by atoms with Crippen LogP contribution in [0.2, 0.25) is 13.1 Å². The Morgan fingerprint density at radius 3 is 0.855 bits per heavy atom. The third-order valence-corrected chi connectivity index (χ3v) is 8.48. The summed E-state index contributed by atoms with van der Waals surface area (Å²) < 4.78 is 240. The molecule has 0 amide bonds. The predicted molar refractivity (Wildman–Crippen MR) is 188 cm³/mol. The molecule has 0 heterocycles. The molecule has 22 heteroatoms. The minimum Gasteiger partial charge on any atom is -1.00 e. The van der Waals surface area contributed by atoms with Crippen molar-refractivity contribution in [2.24, 2.45) is 0 Å². The third kappa shape index (κ3) is 12.8. The van der Waals surface area contributed by atoms with Crippen molar-refractivity contribution in [2.75, 3.05) is 0 Å². The van der Waals surface area contributed by atoms with Gasteiger partial charge in [0.2, 0.25) is 0 Å². The summed E-state index contributed by atoms with van der Waals surface area (Å²) in [7, 11) is 0.750. The minimum atomic E-state index is -5.43. The summed E-state index contributed by atoms with van der Waals surface area (Å²) in [6.45, 7) is 7.62. The molecule has 0 nitrogen and oxygen atoms in total. The van der Waals surface area contributed by atoms with Gasteiger partial charge in [0.05, 0.1) is 33.4 Å². The van der Waals surface area contributed by atoms with E-state index in [4.69, 9.17) is 0 Å². The smallest absolute Gasteiger partial charge is 1.00 e. The van der Waals surface area contributed by atoms with Crippen molar-refractivity contribution in [3.63, 3.8) is 0 Å². The Hall–Kier alpha value is -3.48. The van der Waals surface area contributed by atoms with Crippen molar-refractivity contribution in [2.45, 2.75) is 64.0 Å². The molecule has 0 unspecified atom stereocenters. The van der Waals surface area contributed by atoms with Gasteiger partial charge in [0, 0.05) is 9.52 Å². The molecule has 0 atom stereocenters. The Balaban J connectivity index is 0.000000558. The van der Waals surface area contributed by atoms with Gasteiger partial charge in [-0.2, -0.15) is 91.2 Å². The topological polar surface area (TPSA) is 0 Å². The van der Waals surface area contributed by atoms with Crippen LogP contribution >= 0.6 is 0 Å². The van der Waals surface area contributed by atoms with Crippen molar-refractivity contribution in [1.82, 2.24) is 0 Å². The SMILES string of the molecule is C[SiH]C.Cc1cc2c(-c3c(C(F)(F)F)cc(C(F)(F)F)cc3C(F)(F)F)cccc2[cH-]1.Cc1cc2c(-c3c(C(F)(F)F)cc(C(F)(F)F)cc3C(F)(F)F)cccc2[cH-]1.[Cl-].[Cl-].[Zr+4]. The molecule has 0 aliphatic heterocycles. The fourth-order valence-electron chi connectivity index (χ4n) is 6.29. The van der Waals surface area contributed by atoms with Crippen LogP contribution in [0.15, 0.2) is 84.9 Å². The number of hydrogen-bond donors (Lipinski definition) is 0. The first-order valence-electron chi connectivity index (χ1n) is 16.7. The number of rotatable bonds is 2. The van der Waals surface area contributed by atoms with Crippen molar-refractivity contribution in [1.29, 1.82) is 0 Å². The maximum Gasteiger partial charge on any atom is 4.00 e. The molecule has 0 saturated carbocycles. The molecule has 1 radical (unpaired) electrons. The molecule has 6 aromatic rings. The zero-order chi connectivity index (χ0) is 44.8. The van der Waals surface area contributed by atoms with E-state index >= 15 is 0 Å². The Morgan fingerprint density at radius 1 is 0.403 bits per heavy atom. The Bertz CT molecular complexity index is 2210. The van der Waals surface area contributed by atoms with Crippen LogP contribution in [0.1, 0.15) is 44.5 Å². The molecule has 0 spiro atoms. The normalized spacial score (nSPS) is 12.4. The molecule has 0 N–H and O–H groups in total. The minimum absolute atomic E-state index is 0. The quantitative estimate of drug-likeness (QED) is 0.0922. The van der Waals surface area contributed by atoms with Gasteiger partial charge in [0.15, 0.2) is 0 Å². The van der Waals surface area contributed by atoms with Crippen molar-refractivity contribution in [3.8, 4) is 22.3 Å². The van der Waals surface area contributed by atoms with Crippen LogP contribution in [-0.2, 0) is 63.3 Å². The second-order valence-electron chi connectivity index (χ2n) is 13.1. The number of benzene rings is 4. The zero-order valence-corrected chi connectivity index (χ0v) is 36.8. The first kappa shape index (κ1) is 56.5. The van der Waals surface area contributed by atoms with Crippen LogP contribution < -0.4 is 24.8 Å². The summed E-state index contributed by atoms with van der Waals surface area (Å²) in [5.41, 5.74) is -14.3. The number of halogens is 20. The van der Waals surface area contributed by atoms with Gasteiger partial charge in [-0.3, -0.25) is 0 Å². The van der Waals surface area contributed by atoms with E-state index in [0.717, 1.165) is 21.7 Å². The summed E-state index contributed by atoms with van der Waals surface area (Å²) in [6, 6.07) is 12.4. The summed E-state index contributed by atoms with van der Waals surface area (Å²) in [5, 5.41) is 0.957. The molecule has 0 aromatic heterocycles. The Labute approximate surface area is 375 Å². The van der Waals surface area contributed by atoms with E-state index in [-0.39, 0.29) is 86.1 Å². The second-order valence-corrected chi connectivity index (χ2v) is 14.3. The molecule has 0 aliphatic rings. The van der Waals surface area contributed by atoms with E-state index in [0.29, 0.717) is 21.9 Å². The van der Waals surface area contributed by atoms with Crippen LogP contribution in [-0.4, -0.2) is 9.52 Å². The van der Waals surface area contributed by atoms with Gasteiger partial charge in [-0.15, -0.1) is 69.1 Å². The van der Waals surface area contributed by atoms with Crippen LogP contribution in [0, 0.1) is 13.8 Å². The van der Waals surface area contributed by atoms with Gasteiger partial charge in [-0.05, 0) is 35.4 Å². The number of fused-ring (bicyclic) bond motifs is 2. The van der Waals surface area contributed by atoms with Gasteiger partial charge in [-0.25, -0.2) is 0 Å². The van der Waals surface area contributed by atoms with Gasteiger partial charge < -0.3 is 24.8 Å².